The number of benzene rings is 9. The van der Waals surface area contributed by atoms with Gasteiger partial charge in [0.15, 0.2) is 0 Å². The molecule has 10 aliphatic carbocycles. The van der Waals surface area contributed by atoms with E-state index in [1.807, 2.05) is 12.1 Å². The number of fused-ring (bicyclic) bond motifs is 4. The van der Waals surface area contributed by atoms with Crippen molar-refractivity contribution in [2.45, 2.75) is 74.2 Å². The van der Waals surface area contributed by atoms with Crippen LogP contribution in [0.1, 0.15) is 112 Å². The van der Waals surface area contributed by atoms with Gasteiger partial charge in [0.25, 0.3) is 0 Å². The molecule has 0 saturated heterocycles. The molecule has 8 bridgehead atoms. The molecular formula is C75H57N4OPt-3. The van der Waals surface area contributed by atoms with Gasteiger partial charge in [-0.1, -0.05) is 157 Å². The monoisotopic (exact) mass is 1220 g/mol. The Morgan fingerprint density at radius 3 is 1.80 bits per heavy atom. The number of rotatable bonds is 7. The van der Waals surface area contributed by atoms with E-state index in [2.05, 4.69) is 240 Å². The Kier molecular flexibility index (Phi) is 10.5. The van der Waals surface area contributed by atoms with Crippen LogP contribution in [-0.4, -0.2) is 9.55 Å². The molecule has 11 aromatic rings. The third-order valence-electron chi connectivity index (χ3n) is 20.4. The summed E-state index contributed by atoms with van der Waals surface area (Å²) in [5.74, 6) is 5.20. The molecule has 6 heteroatoms. The van der Waals surface area contributed by atoms with E-state index in [1.165, 1.54) is 99.7 Å². The van der Waals surface area contributed by atoms with Crippen molar-refractivity contribution in [3.8, 4) is 28.4 Å². The number of anilines is 3. The van der Waals surface area contributed by atoms with Gasteiger partial charge in [0.2, 0.25) is 0 Å². The predicted molar refractivity (Wildman–Crippen MR) is 320 cm³/mol. The summed E-state index contributed by atoms with van der Waals surface area (Å²) in [5.41, 5.74) is 21.2. The SMILES string of the molecule is Cc1cc(-n2c3[c-]c(Oc4[c-]c(N5[CH-]N(C67c8ccccc8C(c8ccccc86)C6c8ccccc8C7c7ccccc76)c6ccccc65)ccc4)ccc3c3ccccc32)ncc1-c1ccc(C23CC4CC(CC(C4)C2)C3)cc1.[Pt]. The van der Waals surface area contributed by atoms with Crippen LogP contribution >= 0.6 is 0 Å². The van der Waals surface area contributed by atoms with Crippen molar-refractivity contribution in [2.75, 3.05) is 9.80 Å². The molecule has 0 amide bonds. The minimum Gasteiger partial charge on any atom is -0.509 e. The zero-order valence-electron chi connectivity index (χ0n) is 45.0. The van der Waals surface area contributed by atoms with Gasteiger partial charge in [0.1, 0.15) is 5.82 Å². The molecular weight excluding hydrogens is 1170 g/mol. The molecule has 0 radical (unpaired) electrons. The number of hydrogen-bond acceptors (Lipinski definition) is 4. The van der Waals surface area contributed by atoms with Gasteiger partial charge in [-0.05, 0) is 159 Å². The molecule has 396 valence electrons. The van der Waals surface area contributed by atoms with Gasteiger partial charge in [0.05, 0.1) is 5.54 Å². The molecule has 0 spiro atoms. The second-order valence-electron chi connectivity index (χ2n) is 24.5. The first-order valence-corrected chi connectivity index (χ1v) is 29.1. The van der Waals surface area contributed by atoms with E-state index in [9.17, 15) is 0 Å². The topological polar surface area (TPSA) is 33.5 Å². The summed E-state index contributed by atoms with van der Waals surface area (Å²) in [4.78, 5) is 10.2. The van der Waals surface area contributed by atoms with Gasteiger partial charge < -0.3 is 19.1 Å². The molecule has 11 aliphatic rings. The van der Waals surface area contributed by atoms with E-state index in [1.54, 1.807) is 5.56 Å². The number of pyridine rings is 1. The molecule has 9 aromatic carbocycles. The van der Waals surface area contributed by atoms with Crippen molar-refractivity contribution in [1.82, 2.24) is 9.55 Å². The Morgan fingerprint density at radius 2 is 1.12 bits per heavy atom. The summed E-state index contributed by atoms with van der Waals surface area (Å²) >= 11 is 0. The summed E-state index contributed by atoms with van der Waals surface area (Å²) in [5, 5.41) is 2.25. The molecule has 4 fully saturated rings. The second kappa shape index (κ2) is 17.8. The maximum atomic E-state index is 6.88. The molecule has 0 N–H and O–H groups in total. The van der Waals surface area contributed by atoms with Gasteiger partial charge in [0, 0.05) is 79.0 Å². The molecule has 2 aromatic heterocycles. The molecule has 0 atom stereocenters. The summed E-state index contributed by atoms with van der Waals surface area (Å²) in [7, 11) is 0. The smallest absolute Gasteiger partial charge is 0.135 e. The molecule has 81 heavy (non-hydrogen) atoms. The van der Waals surface area contributed by atoms with Crippen molar-refractivity contribution < 1.29 is 25.8 Å². The van der Waals surface area contributed by atoms with Gasteiger partial charge in [-0.3, -0.25) is 0 Å². The van der Waals surface area contributed by atoms with Crippen LogP contribution in [0.15, 0.2) is 212 Å². The van der Waals surface area contributed by atoms with Crippen LogP contribution in [0, 0.1) is 43.5 Å². The van der Waals surface area contributed by atoms with Crippen molar-refractivity contribution in [3.05, 3.63) is 287 Å². The standard InChI is InChI=1S/C75H57N4O.Pt/c1-46-35-70(76-44-63(46)50-29-31-51(32-30-50)74-41-47-36-48(42-74)38-49(37-47)43-74)79-66-26-11-8-17-55(66)56-34-33-54(40-69(56)79)80-53-16-14-15-52(39-53)77-45-78(68-28-13-12-27-67(68)77)75-64-24-9-6-22-61(64)72(62-23-7-10-25-65(62)75)71-57-18-2-4-20-59(57)73(75)60-21-5-3-19-58(60)71;/h2-35,44-45,47-49,71-73H,36-38,41-43H2,1H3;/q-3;. The van der Waals surface area contributed by atoms with Gasteiger partial charge in [-0.15, -0.1) is 41.4 Å². The number of aryl methyl sites for hydroxylation is 1. The molecule has 5 nitrogen and oxygen atoms in total. The normalized spacial score (nSPS) is 24.7. The van der Waals surface area contributed by atoms with E-state index in [4.69, 9.17) is 9.72 Å². The molecule has 0 unspecified atom stereocenters. The minimum absolute atomic E-state index is 0. The fourth-order valence-corrected chi connectivity index (χ4v) is 17.8. The van der Waals surface area contributed by atoms with Gasteiger partial charge >= 0.3 is 0 Å². The summed E-state index contributed by atoms with van der Waals surface area (Å²) < 4.78 is 9.13. The molecule has 22 rings (SSSR count). The van der Waals surface area contributed by atoms with Gasteiger partial charge in [-0.2, -0.15) is 18.8 Å². The Bertz CT molecular complexity index is 4250. The third-order valence-corrected chi connectivity index (χ3v) is 20.4. The van der Waals surface area contributed by atoms with Crippen LogP contribution in [0.5, 0.6) is 11.5 Å². The Labute approximate surface area is 488 Å². The zero-order valence-corrected chi connectivity index (χ0v) is 47.3. The molecule has 1 aliphatic heterocycles. The van der Waals surface area contributed by atoms with Crippen LogP contribution in [-0.2, 0) is 32.0 Å². The van der Waals surface area contributed by atoms with E-state index < -0.39 is 5.54 Å². The number of aromatic nitrogens is 2. The maximum Gasteiger partial charge on any atom is 0.135 e. The zero-order chi connectivity index (χ0) is 52.4. The van der Waals surface area contributed by atoms with Crippen LogP contribution < -0.4 is 14.5 Å². The molecule has 3 heterocycles. The number of ether oxygens (including phenoxy) is 1. The van der Waals surface area contributed by atoms with Crippen molar-refractivity contribution in [3.63, 3.8) is 0 Å². The van der Waals surface area contributed by atoms with E-state index >= 15 is 0 Å². The number of para-hydroxylation sites is 3. The van der Waals surface area contributed by atoms with E-state index in [0.29, 0.717) is 16.9 Å². The summed E-state index contributed by atoms with van der Waals surface area (Å²) in [6.45, 7) is 4.57. The number of nitrogens with zero attached hydrogens (tertiary/aromatic N) is 4. The fourth-order valence-electron chi connectivity index (χ4n) is 17.8. The average Bonchev–Trinajstić information content (AvgIpc) is 4.08. The Morgan fingerprint density at radius 1 is 0.543 bits per heavy atom. The Balaban J connectivity index is 0.00000523. The summed E-state index contributed by atoms with van der Waals surface area (Å²) in [6, 6.07) is 84.6. The Hall–Kier alpha value is -7.98. The van der Waals surface area contributed by atoms with Gasteiger partial charge in [-0.25, -0.2) is 4.98 Å². The quantitative estimate of drug-likeness (QED) is 0.149. The van der Waals surface area contributed by atoms with Crippen molar-refractivity contribution in [1.29, 1.82) is 0 Å². The first-order chi connectivity index (χ1) is 39.5. The van der Waals surface area contributed by atoms with Crippen molar-refractivity contribution in [2.24, 2.45) is 17.8 Å². The minimum atomic E-state index is -0.657. The second-order valence-corrected chi connectivity index (χ2v) is 24.5. The van der Waals surface area contributed by atoms with Crippen LogP contribution in [0.2, 0.25) is 0 Å². The fraction of sp³-hybridized carbons (Fsp3) is 0.200. The first kappa shape index (κ1) is 47.8. The van der Waals surface area contributed by atoms with E-state index in [0.717, 1.165) is 62.4 Å². The average molecular weight is 1230 g/mol. The predicted octanol–water partition coefficient (Wildman–Crippen LogP) is 17.8. The molecule has 4 saturated carbocycles. The third kappa shape index (κ3) is 6.73. The maximum absolute atomic E-state index is 6.88. The summed E-state index contributed by atoms with van der Waals surface area (Å²) in [6.07, 6.45) is 10.6. The van der Waals surface area contributed by atoms with Crippen LogP contribution in [0.3, 0.4) is 0 Å². The van der Waals surface area contributed by atoms with Crippen LogP contribution in [0.4, 0.5) is 17.1 Å². The van der Waals surface area contributed by atoms with Crippen molar-refractivity contribution >= 4 is 38.9 Å². The van der Waals surface area contributed by atoms with Crippen LogP contribution in [0.25, 0.3) is 38.8 Å². The van der Waals surface area contributed by atoms with E-state index in [-0.39, 0.29) is 38.8 Å². The number of hydrogen-bond donors (Lipinski definition) is 0. The largest absolute Gasteiger partial charge is 0.509 e. The first-order valence-electron chi connectivity index (χ1n) is 29.1.